The summed E-state index contributed by atoms with van der Waals surface area (Å²) in [5.74, 6) is 1.15. The van der Waals surface area contributed by atoms with Crippen molar-refractivity contribution in [1.82, 2.24) is 9.78 Å². The lowest BCUT2D eigenvalue weighted by atomic mass is 10.1. The smallest absolute Gasteiger partial charge is 0.189 e. The lowest BCUT2D eigenvalue weighted by Gasteiger charge is -2.11. The molecule has 2 heterocycles. The number of carbonyl (C=O) groups is 1. The van der Waals surface area contributed by atoms with Crippen LogP contribution in [-0.2, 0) is 9.84 Å². The zero-order chi connectivity index (χ0) is 20.5. The Morgan fingerprint density at radius 2 is 2.00 bits per heavy atom. The number of aromatic nitrogens is 2. The molecule has 2 aromatic rings. The van der Waals surface area contributed by atoms with Crippen molar-refractivity contribution < 1.29 is 22.7 Å². The molecular formula is C20H24N2O5S. The normalized spacial score (nSPS) is 18.5. The molecule has 28 heavy (non-hydrogen) atoms. The number of allylic oxidation sites excluding steroid dienone is 1. The number of methoxy groups -OCH3 is 2. The minimum absolute atomic E-state index is 0.111. The van der Waals surface area contributed by atoms with E-state index >= 15 is 0 Å². The van der Waals surface area contributed by atoms with Crippen molar-refractivity contribution >= 4 is 21.7 Å². The average Bonchev–Trinajstić information content (AvgIpc) is 3.17. The highest BCUT2D eigenvalue weighted by molar-refractivity contribution is 7.91. The number of carbonyl (C=O) groups excluding carboxylic acids is 1. The summed E-state index contributed by atoms with van der Waals surface area (Å²) in [6.45, 7) is 3.74. The maximum absolute atomic E-state index is 12.7. The lowest BCUT2D eigenvalue weighted by Crippen LogP contribution is -2.13. The Kier molecular flexibility index (Phi) is 5.60. The summed E-state index contributed by atoms with van der Waals surface area (Å²) in [6, 6.07) is 4.88. The van der Waals surface area contributed by atoms with Crippen molar-refractivity contribution in [3.63, 3.8) is 0 Å². The topological polar surface area (TPSA) is 87.5 Å². The molecule has 1 atom stereocenters. The van der Waals surface area contributed by atoms with Gasteiger partial charge in [0.2, 0.25) is 0 Å². The van der Waals surface area contributed by atoms with Crippen LogP contribution in [0.15, 0.2) is 24.3 Å². The highest BCUT2D eigenvalue weighted by Crippen LogP contribution is 2.28. The fraction of sp³-hybridized carbons (Fsp3) is 0.400. The number of benzene rings is 1. The second-order valence-corrected chi connectivity index (χ2v) is 9.08. The third kappa shape index (κ3) is 3.96. The second kappa shape index (κ2) is 7.79. The molecule has 0 unspecified atom stereocenters. The third-order valence-electron chi connectivity index (χ3n) is 5.01. The molecule has 1 aliphatic heterocycles. The van der Waals surface area contributed by atoms with Crippen LogP contribution < -0.4 is 9.47 Å². The fourth-order valence-electron chi connectivity index (χ4n) is 3.49. The fourth-order valence-corrected chi connectivity index (χ4v) is 5.18. The summed E-state index contributed by atoms with van der Waals surface area (Å²) in [6.07, 6.45) is 3.77. The van der Waals surface area contributed by atoms with Crippen LogP contribution in [0.1, 0.15) is 39.8 Å². The molecule has 150 valence electrons. The van der Waals surface area contributed by atoms with Crippen molar-refractivity contribution in [2.45, 2.75) is 26.3 Å². The van der Waals surface area contributed by atoms with E-state index in [1.165, 1.54) is 13.2 Å². The molecule has 1 aromatic heterocycles. The van der Waals surface area contributed by atoms with Crippen LogP contribution >= 0.6 is 0 Å². The molecule has 0 saturated carbocycles. The average molecular weight is 404 g/mol. The van der Waals surface area contributed by atoms with Gasteiger partial charge in [-0.2, -0.15) is 5.10 Å². The zero-order valence-corrected chi connectivity index (χ0v) is 17.2. The Bertz CT molecular complexity index is 1040. The van der Waals surface area contributed by atoms with Gasteiger partial charge in [0.05, 0.1) is 43.0 Å². The molecule has 0 radical (unpaired) electrons. The molecule has 1 saturated heterocycles. The number of hydrogen-bond donors (Lipinski definition) is 0. The van der Waals surface area contributed by atoms with Gasteiger partial charge in [0.1, 0.15) is 11.5 Å². The third-order valence-corrected chi connectivity index (χ3v) is 6.76. The van der Waals surface area contributed by atoms with Crippen molar-refractivity contribution in [2.24, 2.45) is 0 Å². The summed E-state index contributed by atoms with van der Waals surface area (Å²) in [5, 5.41) is 4.51. The van der Waals surface area contributed by atoms with Gasteiger partial charge in [0.15, 0.2) is 15.6 Å². The second-order valence-electron chi connectivity index (χ2n) is 6.85. The first-order valence-corrected chi connectivity index (χ1v) is 10.8. The summed E-state index contributed by atoms with van der Waals surface area (Å²) < 4.78 is 35.8. The molecule has 0 bridgehead atoms. The van der Waals surface area contributed by atoms with Gasteiger partial charge >= 0.3 is 0 Å². The first-order chi connectivity index (χ1) is 13.3. The van der Waals surface area contributed by atoms with Crippen LogP contribution in [0.25, 0.3) is 6.08 Å². The van der Waals surface area contributed by atoms with E-state index in [9.17, 15) is 13.2 Å². The number of ether oxygens (including phenoxy) is 2. The van der Waals surface area contributed by atoms with Gasteiger partial charge in [-0.3, -0.25) is 9.48 Å². The van der Waals surface area contributed by atoms with Gasteiger partial charge in [-0.15, -0.1) is 0 Å². The largest absolute Gasteiger partial charge is 0.497 e. The van der Waals surface area contributed by atoms with Crippen molar-refractivity contribution in [1.29, 1.82) is 0 Å². The Hall–Kier alpha value is -2.61. The summed E-state index contributed by atoms with van der Waals surface area (Å²) in [5.41, 5.74) is 2.87. The van der Waals surface area contributed by atoms with E-state index in [2.05, 4.69) is 5.10 Å². The van der Waals surface area contributed by atoms with Crippen molar-refractivity contribution in [3.05, 3.63) is 46.8 Å². The van der Waals surface area contributed by atoms with Crippen LogP contribution in [-0.4, -0.2) is 49.7 Å². The van der Waals surface area contributed by atoms with E-state index in [1.54, 1.807) is 36.1 Å². The van der Waals surface area contributed by atoms with E-state index in [0.29, 0.717) is 23.5 Å². The maximum Gasteiger partial charge on any atom is 0.189 e. The van der Waals surface area contributed by atoms with Crippen molar-refractivity contribution in [2.75, 3.05) is 25.7 Å². The first-order valence-electron chi connectivity index (χ1n) is 8.96. The molecular weight excluding hydrogens is 380 g/mol. The van der Waals surface area contributed by atoms with Gasteiger partial charge in [0, 0.05) is 17.3 Å². The van der Waals surface area contributed by atoms with E-state index in [0.717, 1.165) is 17.0 Å². The van der Waals surface area contributed by atoms with E-state index in [1.807, 2.05) is 13.8 Å². The van der Waals surface area contributed by atoms with Gasteiger partial charge in [-0.05, 0) is 44.6 Å². The molecule has 0 N–H and O–H groups in total. The number of sulfone groups is 1. The molecule has 0 spiro atoms. The van der Waals surface area contributed by atoms with Gasteiger partial charge in [-0.1, -0.05) is 0 Å². The van der Waals surface area contributed by atoms with E-state index in [-0.39, 0.29) is 23.3 Å². The van der Waals surface area contributed by atoms with E-state index in [4.69, 9.17) is 9.47 Å². The first kappa shape index (κ1) is 20.1. The van der Waals surface area contributed by atoms with Crippen LogP contribution in [0.2, 0.25) is 0 Å². The van der Waals surface area contributed by atoms with E-state index < -0.39 is 9.84 Å². The lowest BCUT2D eigenvalue weighted by molar-refractivity contribution is 0.104. The molecule has 0 amide bonds. The highest BCUT2D eigenvalue weighted by Gasteiger charge is 2.31. The standard InChI is InChI=1S/C20H24N2O5S/c1-13-17(14(2)22(21-13)15-9-10-28(24,25)12-15)7-8-19(23)18-6-5-16(26-3)11-20(18)27-4/h5-8,11,15H,9-10,12H2,1-4H3/b8-7+/t15-/m0/s1. The predicted molar refractivity (Wildman–Crippen MR) is 107 cm³/mol. The Morgan fingerprint density at radius 1 is 1.25 bits per heavy atom. The summed E-state index contributed by atoms with van der Waals surface area (Å²) >= 11 is 0. The molecule has 1 fully saturated rings. The Labute approximate surface area is 164 Å². The van der Waals surface area contributed by atoms with Crippen LogP contribution in [0.4, 0.5) is 0 Å². The SMILES string of the molecule is COc1ccc(C(=O)/C=C/c2c(C)nn([C@H]3CCS(=O)(=O)C3)c2C)c(OC)c1. The minimum Gasteiger partial charge on any atom is -0.497 e. The highest BCUT2D eigenvalue weighted by atomic mass is 32.2. The van der Waals surface area contributed by atoms with Crippen molar-refractivity contribution in [3.8, 4) is 11.5 Å². The summed E-state index contributed by atoms with van der Waals surface area (Å²) in [4.78, 5) is 12.7. The van der Waals surface area contributed by atoms with Crippen LogP contribution in [0.3, 0.4) is 0 Å². The Morgan fingerprint density at radius 3 is 2.61 bits per heavy atom. The van der Waals surface area contributed by atoms with Gasteiger partial charge < -0.3 is 9.47 Å². The Balaban J connectivity index is 1.86. The van der Waals surface area contributed by atoms with Gasteiger partial charge in [0.25, 0.3) is 0 Å². The number of nitrogens with zero attached hydrogens (tertiary/aromatic N) is 2. The number of hydrogen-bond acceptors (Lipinski definition) is 6. The van der Waals surface area contributed by atoms with Crippen LogP contribution in [0, 0.1) is 13.8 Å². The maximum atomic E-state index is 12.7. The number of aryl methyl sites for hydroxylation is 1. The molecule has 8 heteroatoms. The molecule has 1 aromatic carbocycles. The summed E-state index contributed by atoms with van der Waals surface area (Å²) in [7, 11) is 0.0575. The monoisotopic (exact) mass is 404 g/mol. The zero-order valence-electron chi connectivity index (χ0n) is 16.4. The quantitative estimate of drug-likeness (QED) is 0.543. The predicted octanol–water partition coefficient (Wildman–Crippen LogP) is 2.77. The number of rotatable bonds is 6. The molecule has 7 nitrogen and oxygen atoms in total. The number of ketones is 1. The molecule has 1 aliphatic rings. The minimum atomic E-state index is -3.00. The van der Waals surface area contributed by atoms with Gasteiger partial charge in [-0.25, -0.2) is 8.42 Å². The van der Waals surface area contributed by atoms with Crippen LogP contribution in [0.5, 0.6) is 11.5 Å². The molecule has 3 rings (SSSR count). The molecule has 0 aliphatic carbocycles.